The molecule has 2 atom stereocenters. The van der Waals surface area contributed by atoms with Gasteiger partial charge in [-0.3, -0.25) is 4.79 Å². The van der Waals surface area contributed by atoms with Crippen LogP contribution in [-0.2, 0) is 4.79 Å². The maximum absolute atomic E-state index is 12.1. The number of carbonyl (C=O) groups excluding carboxylic acids is 1. The average Bonchev–Trinajstić information content (AvgIpc) is 2.92. The Morgan fingerprint density at radius 2 is 2.24 bits per heavy atom. The number of nitrogens with one attached hydrogen (secondary N) is 1. The molecule has 0 aliphatic carbocycles. The van der Waals surface area contributed by atoms with Crippen LogP contribution in [0.25, 0.3) is 5.69 Å². The van der Waals surface area contributed by atoms with Gasteiger partial charge in [0.1, 0.15) is 0 Å². The van der Waals surface area contributed by atoms with E-state index in [-0.39, 0.29) is 11.8 Å². The lowest BCUT2D eigenvalue weighted by molar-refractivity contribution is -0.118. The highest BCUT2D eigenvalue weighted by molar-refractivity contribution is 5.95. The third-order valence-corrected chi connectivity index (χ3v) is 3.54. The molecule has 0 saturated heterocycles. The van der Waals surface area contributed by atoms with Crippen LogP contribution in [0.15, 0.2) is 24.3 Å². The molecule has 0 fully saturated rings. The van der Waals surface area contributed by atoms with Crippen molar-refractivity contribution in [2.75, 3.05) is 5.32 Å². The molecule has 0 aliphatic heterocycles. The molecule has 1 aromatic heterocycles. The van der Waals surface area contributed by atoms with Crippen molar-refractivity contribution in [1.29, 1.82) is 0 Å². The SMILES string of the molecule is CCC(C)[C@H](N)C(=O)Nc1cccc(-n2nnnc2C)c1. The van der Waals surface area contributed by atoms with Crippen LogP contribution < -0.4 is 11.1 Å². The molecule has 1 heterocycles. The van der Waals surface area contributed by atoms with E-state index in [1.54, 1.807) is 4.68 Å². The first-order valence-electron chi connectivity index (χ1n) is 6.94. The van der Waals surface area contributed by atoms with Crippen molar-refractivity contribution < 1.29 is 4.79 Å². The Bertz CT molecular complexity index is 623. The van der Waals surface area contributed by atoms with Crippen molar-refractivity contribution >= 4 is 11.6 Å². The van der Waals surface area contributed by atoms with Crippen LogP contribution in [-0.4, -0.2) is 32.2 Å². The van der Waals surface area contributed by atoms with Gasteiger partial charge < -0.3 is 11.1 Å². The van der Waals surface area contributed by atoms with Crippen LogP contribution in [0.2, 0.25) is 0 Å². The van der Waals surface area contributed by atoms with E-state index in [9.17, 15) is 4.79 Å². The summed E-state index contributed by atoms with van der Waals surface area (Å²) in [6.45, 7) is 5.79. The Morgan fingerprint density at radius 3 is 2.86 bits per heavy atom. The first kappa shape index (κ1) is 15.1. The van der Waals surface area contributed by atoms with E-state index in [4.69, 9.17) is 5.73 Å². The predicted molar refractivity (Wildman–Crippen MR) is 80.0 cm³/mol. The largest absolute Gasteiger partial charge is 0.325 e. The fourth-order valence-corrected chi connectivity index (χ4v) is 1.92. The number of amides is 1. The Balaban J connectivity index is 2.15. The Morgan fingerprint density at radius 1 is 1.48 bits per heavy atom. The maximum atomic E-state index is 12.1. The van der Waals surface area contributed by atoms with Gasteiger partial charge in [-0.15, -0.1) is 5.10 Å². The molecule has 0 spiro atoms. The lowest BCUT2D eigenvalue weighted by atomic mass is 9.99. The maximum Gasteiger partial charge on any atom is 0.241 e. The molecule has 0 aliphatic rings. The lowest BCUT2D eigenvalue weighted by Gasteiger charge is -2.18. The monoisotopic (exact) mass is 288 g/mol. The zero-order valence-corrected chi connectivity index (χ0v) is 12.4. The van der Waals surface area contributed by atoms with Crippen LogP contribution in [0.5, 0.6) is 0 Å². The van der Waals surface area contributed by atoms with Gasteiger partial charge in [0.05, 0.1) is 11.7 Å². The number of hydrogen-bond donors (Lipinski definition) is 2. The molecule has 0 radical (unpaired) electrons. The van der Waals surface area contributed by atoms with E-state index in [1.807, 2.05) is 45.0 Å². The number of carbonyl (C=O) groups is 1. The second-order valence-electron chi connectivity index (χ2n) is 5.09. The molecule has 21 heavy (non-hydrogen) atoms. The third-order valence-electron chi connectivity index (χ3n) is 3.54. The fraction of sp³-hybridized carbons (Fsp3) is 0.429. The molecule has 0 bridgehead atoms. The van der Waals surface area contributed by atoms with Gasteiger partial charge in [-0.05, 0) is 41.5 Å². The number of rotatable bonds is 5. The van der Waals surface area contributed by atoms with E-state index in [1.165, 1.54) is 0 Å². The Labute approximate surface area is 123 Å². The standard InChI is InChI=1S/C14H20N6O/c1-4-9(2)13(15)14(21)16-11-6-5-7-12(8-11)20-10(3)17-18-19-20/h5-9,13H,4,15H2,1-3H3,(H,16,21)/t9?,13-/m0/s1. The predicted octanol–water partition coefficient (Wildman–Crippen LogP) is 1.28. The minimum atomic E-state index is -0.520. The van der Waals surface area contributed by atoms with Gasteiger partial charge in [-0.2, -0.15) is 4.68 Å². The Hall–Kier alpha value is -2.28. The highest BCUT2D eigenvalue weighted by Gasteiger charge is 2.19. The van der Waals surface area contributed by atoms with Crippen LogP contribution in [0.3, 0.4) is 0 Å². The summed E-state index contributed by atoms with van der Waals surface area (Å²) in [4.78, 5) is 12.1. The number of hydrogen-bond acceptors (Lipinski definition) is 5. The number of tetrazole rings is 1. The van der Waals surface area contributed by atoms with Crippen molar-refractivity contribution in [3.63, 3.8) is 0 Å². The van der Waals surface area contributed by atoms with Crippen LogP contribution in [0.1, 0.15) is 26.1 Å². The molecule has 7 nitrogen and oxygen atoms in total. The number of nitrogens with two attached hydrogens (primary N) is 1. The summed E-state index contributed by atoms with van der Waals surface area (Å²) in [6.07, 6.45) is 0.860. The van der Waals surface area contributed by atoms with Crippen LogP contribution >= 0.6 is 0 Å². The van der Waals surface area contributed by atoms with E-state index >= 15 is 0 Å². The molecule has 3 N–H and O–H groups in total. The van der Waals surface area contributed by atoms with E-state index in [0.717, 1.165) is 12.1 Å². The molecule has 0 saturated carbocycles. The molecule has 1 aromatic carbocycles. The number of nitrogens with zero attached hydrogens (tertiary/aromatic N) is 4. The first-order chi connectivity index (χ1) is 10.0. The quantitative estimate of drug-likeness (QED) is 0.863. The van der Waals surface area contributed by atoms with Crippen LogP contribution in [0.4, 0.5) is 5.69 Å². The van der Waals surface area contributed by atoms with Gasteiger partial charge in [-0.25, -0.2) is 0 Å². The Kier molecular flexibility index (Phi) is 4.64. The zero-order chi connectivity index (χ0) is 15.4. The van der Waals surface area contributed by atoms with E-state index in [0.29, 0.717) is 11.5 Å². The summed E-state index contributed by atoms with van der Waals surface area (Å²) in [6, 6.07) is 6.80. The topological polar surface area (TPSA) is 98.7 Å². The van der Waals surface area contributed by atoms with E-state index in [2.05, 4.69) is 20.8 Å². The molecule has 1 amide bonds. The average molecular weight is 288 g/mol. The first-order valence-corrected chi connectivity index (χ1v) is 6.94. The van der Waals surface area contributed by atoms with Gasteiger partial charge in [0.2, 0.25) is 5.91 Å². The molecular weight excluding hydrogens is 268 g/mol. The molecular formula is C14H20N6O. The summed E-state index contributed by atoms with van der Waals surface area (Å²) in [7, 11) is 0. The van der Waals surface area contributed by atoms with Gasteiger partial charge in [0.15, 0.2) is 5.82 Å². The third kappa shape index (κ3) is 3.43. The summed E-state index contributed by atoms with van der Waals surface area (Å²) in [5.41, 5.74) is 7.38. The molecule has 7 heteroatoms. The van der Waals surface area contributed by atoms with Gasteiger partial charge in [0, 0.05) is 5.69 Å². The second-order valence-corrected chi connectivity index (χ2v) is 5.09. The number of anilines is 1. The highest BCUT2D eigenvalue weighted by atomic mass is 16.2. The molecule has 2 rings (SSSR count). The number of aromatic nitrogens is 4. The number of benzene rings is 1. The van der Waals surface area contributed by atoms with Gasteiger partial charge in [-0.1, -0.05) is 26.3 Å². The fourth-order valence-electron chi connectivity index (χ4n) is 1.92. The van der Waals surface area contributed by atoms with Crippen molar-refractivity contribution in [3.8, 4) is 5.69 Å². The minimum absolute atomic E-state index is 0.134. The summed E-state index contributed by atoms with van der Waals surface area (Å²) >= 11 is 0. The molecule has 2 aromatic rings. The number of aryl methyl sites for hydroxylation is 1. The van der Waals surface area contributed by atoms with E-state index < -0.39 is 6.04 Å². The summed E-state index contributed by atoms with van der Waals surface area (Å²) in [5.74, 6) is 0.625. The zero-order valence-electron chi connectivity index (χ0n) is 12.4. The lowest BCUT2D eigenvalue weighted by Crippen LogP contribution is -2.40. The van der Waals surface area contributed by atoms with Crippen molar-refractivity contribution in [2.24, 2.45) is 11.7 Å². The normalized spacial score (nSPS) is 13.7. The smallest absolute Gasteiger partial charge is 0.241 e. The van der Waals surface area contributed by atoms with Gasteiger partial charge >= 0.3 is 0 Å². The van der Waals surface area contributed by atoms with Crippen molar-refractivity contribution in [3.05, 3.63) is 30.1 Å². The molecule has 1 unspecified atom stereocenters. The van der Waals surface area contributed by atoms with Crippen molar-refractivity contribution in [2.45, 2.75) is 33.2 Å². The van der Waals surface area contributed by atoms with Crippen LogP contribution in [0, 0.1) is 12.8 Å². The summed E-state index contributed by atoms with van der Waals surface area (Å²) in [5, 5.41) is 14.2. The molecule has 112 valence electrons. The minimum Gasteiger partial charge on any atom is -0.325 e. The second kappa shape index (κ2) is 6.45. The van der Waals surface area contributed by atoms with Crippen molar-refractivity contribution in [1.82, 2.24) is 20.2 Å². The highest BCUT2D eigenvalue weighted by Crippen LogP contribution is 2.16. The van der Waals surface area contributed by atoms with Gasteiger partial charge in [0.25, 0.3) is 0 Å². The summed E-state index contributed by atoms with van der Waals surface area (Å²) < 4.78 is 1.60.